The number of rotatable bonds is 3. The van der Waals surface area contributed by atoms with Crippen LogP contribution in [-0.2, 0) is 9.59 Å². The van der Waals surface area contributed by atoms with Crippen molar-refractivity contribution >= 4 is 23.7 Å². The first kappa shape index (κ1) is 13.1. The number of carboxylic acids is 1. The third kappa shape index (κ3) is 2.29. The molecule has 5 heteroatoms. The van der Waals surface area contributed by atoms with Crippen molar-refractivity contribution in [3.05, 3.63) is 29.4 Å². The highest BCUT2D eigenvalue weighted by molar-refractivity contribution is 8.00. The van der Waals surface area contributed by atoms with Crippen molar-refractivity contribution in [3.63, 3.8) is 0 Å². The summed E-state index contributed by atoms with van der Waals surface area (Å²) in [5.74, 6) is 1.89. The van der Waals surface area contributed by atoms with Crippen LogP contribution in [0.4, 0.5) is 0 Å². The number of hydrogen-bond acceptors (Lipinski definition) is 4. The zero-order chi connectivity index (χ0) is 13.1. The smallest absolute Gasteiger partial charge is 0.333 e. The molecule has 2 aliphatic rings. The summed E-state index contributed by atoms with van der Waals surface area (Å²) < 4.78 is 0. The Morgan fingerprint density at radius 2 is 2.44 bits per heavy atom. The van der Waals surface area contributed by atoms with Crippen molar-refractivity contribution in [3.8, 4) is 0 Å². The van der Waals surface area contributed by atoms with Gasteiger partial charge in [-0.25, -0.2) is 9.59 Å². The third-order valence-electron chi connectivity index (χ3n) is 3.22. The van der Waals surface area contributed by atoms with Gasteiger partial charge in [-0.1, -0.05) is 13.0 Å². The van der Waals surface area contributed by atoms with Gasteiger partial charge in [-0.2, -0.15) is 0 Å². The molecule has 1 aliphatic carbocycles. The number of carboxylic acid groups (broad SMARTS) is 1. The van der Waals surface area contributed by atoms with E-state index >= 15 is 0 Å². The minimum absolute atomic E-state index is 0.261. The maximum atomic E-state index is 11.3. The Morgan fingerprint density at radius 1 is 1.67 bits per heavy atom. The summed E-state index contributed by atoms with van der Waals surface area (Å²) in [4.78, 5) is 24.4. The molecule has 0 aromatic rings. The lowest BCUT2D eigenvalue weighted by atomic mass is 9.93. The minimum atomic E-state index is -0.969. The van der Waals surface area contributed by atoms with Crippen LogP contribution in [0.5, 0.6) is 0 Å². The van der Waals surface area contributed by atoms with Crippen molar-refractivity contribution in [2.75, 3.05) is 12.3 Å². The van der Waals surface area contributed by atoms with Gasteiger partial charge in [0, 0.05) is 12.3 Å². The molecule has 2 rings (SSSR count). The fraction of sp³-hybridized carbons (Fsp3) is 0.462. The first-order valence-corrected chi connectivity index (χ1v) is 6.97. The summed E-state index contributed by atoms with van der Waals surface area (Å²) in [5, 5.41) is 9.53. The molecule has 2 unspecified atom stereocenters. The van der Waals surface area contributed by atoms with E-state index in [1.54, 1.807) is 18.2 Å². The summed E-state index contributed by atoms with van der Waals surface area (Å²) in [5.41, 5.74) is 0.674. The quantitative estimate of drug-likeness (QED) is 0.783. The van der Waals surface area contributed by atoms with E-state index < -0.39 is 12.0 Å². The second kappa shape index (κ2) is 5.57. The number of nitrogens with zero attached hydrogens (tertiary/aromatic N) is 1. The van der Waals surface area contributed by atoms with Crippen LogP contribution in [0.15, 0.2) is 29.4 Å². The Labute approximate surface area is 110 Å². The molecule has 0 spiro atoms. The molecule has 1 N–H and O–H groups in total. The van der Waals surface area contributed by atoms with E-state index in [0.29, 0.717) is 5.57 Å². The Balaban J connectivity index is 2.37. The van der Waals surface area contributed by atoms with Gasteiger partial charge >= 0.3 is 5.97 Å². The van der Waals surface area contributed by atoms with Crippen LogP contribution in [0.3, 0.4) is 0 Å². The topological polar surface area (TPSA) is 57.6 Å². The number of carbonyl (C=O) groups is 1. The van der Waals surface area contributed by atoms with Gasteiger partial charge in [0.1, 0.15) is 5.94 Å². The summed E-state index contributed by atoms with van der Waals surface area (Å²) in [7, 11) is 0. The SMILES string of the molecule is CCC1SCCN1C1C(=C=O)C=CC=C1C(=O)O. The molecule has 0 aromatic carbocycles. The van der Waals surface area contributed by atoms with Gasteiger partial charge in [0.15, 0.2) is 0 Å². The second-order valence-corrected chi connectivity index (χ2v) is 5.50. The molecule has 2 atom stereocenters. The predicted octanol–water partition coefficient (Wildman–Crippen LogP) is 1.48. The van der Waals surface area contributed by atoms with Gasteiger partial charge < -0.3 is 5.11 Å². The van der Waals surface area contributed by atoms with Crippen molar-refractivity contribution in [1.29, 1.82) is 0 Å². The summed E-state index contributed by atoms with van der Waals surface area (Å²) >= 11 is 1.81. The molecule has 0 aromatic heterocycles. The van der Waals surface area contributed by atoms with E-state index in [-0.39, 0.29) is 10.9 Å². The molecule has 0 radical (unpaired) electrons. The lowest BCUT2D eigenvalue weighted by molar-refractivity contribution is -0.133. The summed E-state index contributed by atoms with van der Waals surface area (Å²) in [6.07, 6.45) is 5.76. The summed E-state index contributed by atoms with van der Waals surface area (Å²) in [6, 6.07) is -0.454. The van der Waals surface area contributed by atoms with Crippen LogP contribution in [-0.4, -0.2) is 45.6 Å². The van der Waals surface area contributed by atoms with Crippen LogP contribution in [0.1, 0.15) is 13.3 Å². The average Bonchev–Trinajstić information content (AvgIpc) is 2.85. The maximum Gasteiger partial charge on any atom is 0.333 e. The van der Waals surface area contributed by atoms with Crippen molar-refractivity contribution in [1.82, 2.24) is 4.90 Å². The highest BCUT2D eigenvalue weighted by atomic mass is 32.2. The van der Waals surface area contributed by atoms with Gasteiger partial charge in [-0.3, -0.25) is 4.90 Å². The van der Waals surface area contributed by atoms with Gasteiger partial charge in [0.2, 0.25) is 0 Å². The van der Waals surface area contributed by atoms with E-state index in [1.807, 2.05) is 17.7 Å². The lowest BCUT2D eigenvalue weighted by Crippen LogP contribution is -2.43. The van der Waals surface area contributed by atoms with Crippen LogP contribution in [0, 0.1) is 0 Å². The van der Waals surface area contributed by atoms with Gasteiger partial charge in [0.25, 0.3) is 0 Å². The van der Waals surface area contributed by atoms with E-state index in [2.05, 4.69) is 11.8 Å². The molecule has 18 heavy (non-hydrogen) atoms. The first-order valence-electron chi connectivity index (χ1n) is 5.93. The molecule has 96 valence electrons. The average molecular weight is 265 g/mol. The maximum absolute atomic E-state index is 11.3. The molecule has 0 bridgehead atoms. The number of hydrogen-bond donors (Lipinski definition) is 1. The van der Waals surface area contributed by atoms with Crippen molar-refractivity contribution < 1.29 is 14.7 Å². The Bertz CT molecular complexity index is 463. The number of thioether (sulfide) groups is 1. The van der Waals surface area contributed by atoms with Crippen LogP contribution in [0.2, 0.25) is 0 Å². The highest BCUT2D eigenvalue weighted by Crippen LogP contribution is 2.34. The molecular formula is C13H15NO3S. The van der Waals surface area contributed by atoms with Crippen LogP contribution < -0.4 is 0 Å². The van der Waals surface area contributed by atoms with E-state index in [9.17, 15) is 14.7 Å². The molecule has 1 saturated heterocycles. The Hall–Kier alpha value is -1.29. The van der Waals surface area contributed by atoms with Crippen molar-refractivity contribution in [2.45, 2.75) is 24.8 Å². The number of allylic oxidation sites excluding steroid dienone is 2. The Kier molecular flexibility index (Phi) is 4.07. The van der Waals surface area contributed by atoms with Crippen molar-refractivity contribution in [2.24, 2.45) is 0 Å². The Morgan fingerprint density at radius 3 is 3.06 bits per heavy atom. The predicted molar refractivity (Wildman–Crippen MR) is 71.1 cm³/mol. The molecular weight excluding hydrogens is 250 g/mol. The van der Waals surface area contributed by atoms with Gasteiger partial charge in [0.05, 0.1) is 22.6 Å². The third-order valence-corrected chi connectivity index (χ3v) is 4.62. The molecule has 0 saturated carbocycles. The molecule has 1 heterocycles. The zero-order valence-electron chi connectivity index (χ0n) is 10.1. The normalized spacial score (nSPS) is 28.1. The standard InChI is InChI=1S/C13H15NO3S/c1-2-11-14(6-7-18-11)12-9(8-15)4-3-5-10(12)13(16)17/h3-5,11-12H,2,6-7H2,1H3,(H,16,17). The van der Waals surface area contributed by atoms with Crippen LogP contribution >= 0.6 is 11.8 Å². The fourth-order valence-electron chi connectivity index (χ4n) is 2.42. The molecule has 0 amide bonds. The first-order chi connectivity index (χ1) is 8.69. The highest BCUT2D eigenvalue weighted by Gasteiger charge is 2.37. The molecule has 1 aliphatic heterocycles. The monoisotopic (exact) mass is 265 g/mol. The second-order valence-electron chi connectivity index (χ2n) is 4.22. The minimum Gasteiger partial charge on any atom is -0.478 e. The molecule has 4 nitrogen and oxygen atoms in total. The zero-order valence-corrected chi connectivity index (χ0v) is 10.9. The lowest BCUT2D eigenvalue weighted by Gasteiger charge is -2.33. The van der Waals surface area contributed by atoms with Crippen LogP contribution in [0.25, 0.3) is 0 Å². The van der Waals surface area contributed by atoms with E-state index in [0.717, 1.165) is 18.7 Å². The van der Waals surface area contributed by atoms with Gasteiger partial charge in [-0.15, -0.1) is 11.8 Å². The number of aliphatic carboxylic acids is 1. The molecule has 1 fully saturated rings. The fourth-order valence-corrected chi connectivity index (χ4v) is 3.66. The van der Waals surface area contributed by atoms with E-state index in [1.165, 1.54) is 0 Å². The van der Waals surface area contributed by atoms with E-state index in [4.69, 9.17) is 0 Å². The van der Waals surface area contributed by atoms with Gasteiger partial charge in [-0.05, 0) is 18.6 Å². The number of carbonyl (C=O) groups excluding carboxylic acids is 1. The largest absolute Gasteiger partial charge is 0.478 e. The summed E-state index contributed by atoms with van der Waals surface area (Å²) in [6.45, 7) is 2.88.